The predicted octanol–water partition coefficient (Wildman–Crippen LogP) is 3.53. The summed E-state index contributed by atoms with van der Waals surface area (Å²) in [5.41, 5.74) is 7.36. The summed E-state index contributed by atoms with van der Waals surface area (Å²) in [5.74, 6) is -0.133. The van der Waals surface area contributed by atoms with Crippen molar-refractivity contribution >= 4 is 40.6 Å². The summed E-state index contributed by atoms with van der Waals surface area (Å²) in [6, 6.07) is 6.74. The van der Waals surface area contributed by atoms with Gasteiger partial charge < -0.3 is 11.1 Å². The summed E-state index contributed by atoms with van der Waals surface area (Å²) in [6.07, 6.45) is 1.37. The molecule has 1 amide bonds. The zero-order valence-electron chi connectivity index (χ0n) is 10.1. The van der Waals surface area contributed by atoms with Gasteiger partial charge in [-0.1, -0.05) is 29.3 Å². The van der Waals surface area contributed by atoms with Crippen molar-refractivity contribution in [2.24, 2.45) is 0 Å². The number of aromatic nitrogens is 1. The second-order valence-corrected chi connectivity index (χ2v) is 4.82. The van der Waals surface area contributed by atoms with Crippen molar-refractivity contribution < 1.29 is 4.79 Å². The lowest BCUT2D eigenvalue weighted by Gasteiger charge is -2.07. The molecule has 0 spiro atoms. The van der Waals surface area contributed by atoms with Gasteiger partial charge in [0.05, 0.1) is 10.6 Å². The van der Waals surface area contributed by atoms with Gasteiger partial charge in [0.2, 0.25) is 0 Å². The molecule has 0 saturated carbocycles. The maximum absolute atomic E-state index is 12.0. The number of nitrogens with zero attached hydrogens (tertiary/aromatic N) is 1. The molecule has 2 rings (SSSR count). The van der Waals surface area contributed by atoms with Crippen LogP contribution in [0.4, 0.5) is 11.5 Å². The average Bonchev–Trinajstić information content (AvgIpc) is 2.37. The van der Waals surface area contributed by atoms with Gasteiger partial charge in [-0.05, 0) is 30.7 Å². The highest BCUT2D eigenvalue weighted by molar-refractivity contribution is 6.33. The number of aryl methyl sites for hydroxylation is 1. The molecule has 1 aromatic carbocycles. The van der Waals surface area contributed by atoms with Crippen LogP contribution in [0.3, 0.4) is 0 Å². The molecule has 4 nitrogen and oxygen atoms in total. The van der Waals surface area contributed by atoms with E-state index in [4.69, 9.17) is 28.9 Å². The molecule has 0 aliphatic carbocycles. The highest BCUT2D eigenvalue weighted by Crippen LogP contribution is 2.21. The van der Waals surface area contributed by atoms with Crippen LogP contribution in [0.25, 0.3) is 0 Å². The second-order valence-electron chi connectivity index (χ2n) is 4.01. The lowest BCUT2D eigenvalue weighted by Crippen LogP contribution is -2.12. The molecule has 0 aliphatic rings. The van der Waals surface area contributed by atoms with Gasteiger partial charge in [0.15, 0.2) is 0 Å². The number of anilines is 2. The molecule has 0 saturated heterocycles. The SMILES string of the molecule is Cc1ccc(NC(=O)c2cnc(N)c(Cl)c2)cc1Cl. The second kappa shape index (κ2) is 5.47. The third-order valence-electron chi connectivity index (χ3n) is 2.56. The molecule has 0 radical (unpaired) electrons. The lowest BCUT2D eigenvalue weighted by molar-refractivity contribution is 0.102. The highest BCUT2D eigenvalue weighted by atomic mass is 35.5. The van der Waals surface area contributed by atoms with Gasteiger partial charge in [-0.3, -0.25) is 4.79 Å². The molecule has 1 heterocycles. The van der Waals surface area contributed by atoms with Crippen molar-refractivity contribution in [1.29, 1.82) is 0 Å². The number of carbonyl (C=O) groups is 1. The van der Waals surface area contributed by atoms with E-state index in [1.54, 1.807) is 12.1 Å². The Kier molecular flexibility index (Phi) is 3.93. The Labute approximate surface area is 120 Å². The molecule has 98 valence electrons. The minimum atomic E-state index is -0.325. The first kappa shape index (κ1) is 13.6. The van der Waals surface area contributed by atoms with Gasteiger partial charge in [-0.25, -0.2) is 4.98 Å². The number of hydrogen-bond donors (Lipinski definition) is 2. The summed E-state index contributed by atoms with van der Waals surface area (Å²) < 4.78 is 0. The topological polar surface area (TPSA) is 68.0 Å². The molecular formula is C13H11Cl2N3O. The fraction of sp³-hybridized carbons (Fsp3) is 0.0769. The zero-order chi connectivity index (χ0) is 14.0. The van der Waals surface area contributed by atoms with Gasteiger partial charge in [-0.2, -0.15) is 0 Å². The van der Waals surface area contributed by atoms with Crippen molar-refractivity contribution in [3.05, 3.63) is 51.6 Å². The molecule has 0 unspecified atom stereocenters. The maximum Gasteiger partial charge on any atom is 0.257 e. The third-order valence-corrected chi connectivity index (χ3v) is 3.27. The van der Waals surface area contributed by atoms with Crippen molar-refractivity contribution in [2.75, 3.05) is 11.1 Å². The molecule has 19 heavy (non-hydrogen) atoms. The van der Waals surface area contributed by atoms with E-state index >= 15 is 0 Å². The van der Waals surface area contributed by atoms with Crippen molar-refractivity contribution in [3.63, 3.8) is 0 Å². The summed E-state index contributed by atoms with van der Waals surface area (Å²) in [6.45, 7) is 1.89. The number of nitrogen functional groups attached to an aromatic ring is 1. The molecule has 0 atom stereocenters. The molecule has 1 aromatic heterocycles. The molecule has 0 aliphatic heterocycles. The molecule has 0 fully saturated rings. The molecule has 3 N–H and O–H groups in total. The molecular weight excluding hydrogens is 285 g/mol. The van der Waals surface area contributed by atoms with Crippen LogP contribution in [0.5, 0.6) is 0 Å². The van der Waals surface area contributed by atoms with Crippen molar-refractivity contribution in [2.45, 2.75) is 6.92 Å². The normalized spacial score (nSPS) is 10.3. The Bertz CT molecular complexity index is 644. The summed E-state index contributed by atoms with van der Waals surface area (Å²) in [4.78, 5) is 15.8. The Balaban J connectivity index is 2.20. The van der Waals surface area contributed by atoms with E-state index in [0.717, 1.165) is 5.56 Å². The Hall–Kier alpha value is -1.78. The Morgan fingerprint density at radius 3 is 2.63 bits per heavy atom. The van der Waals surface area contributed by atoms with E-state index in [0.29, 0.717) is 16.3 Å². The predicted molar refractivity (Wildman–Crippen MR) is 77.8 cm³/mol. The first-order chi connectivity index (χ1) is 8.97. The van der Waals surface area contributed by atoms with Gasteiger partial charge in [0, 0.05) is 16.9 Å². The third kappa shape index (κ3) is 3.16. The van der Waals surface area contributed by atoms with E-state index in [9.17, 15) is 4.79 Å². The van der Waals surface area contributed by atoms with Crippen LogP contribution in [0, 0.1) is 6.92 Å². The number of hydrogen-bond acceptors (Lipinski definition) is 3. The zero-order valence-corrected chi connectivity index (χ0v) is 11.6. The molecule has 2 aromatic rings. The van der Waals surface area contributed by atoms with E-state index < -0.39 is 0 Å². The minimum absolute atomic E-state index is 0.191. The fourth-order valence-corrected chi connectivity index (χ4v) is 1.79. The number of nitrogens with one attached hydrogen (secondary N) is 1. The number of halogens is 2. The number of carbonyl (C=O) groups excluding carboxylic acids is 1. The summed E-state index contributed by atoms with van der Waals surface area (Å²) in [5, 5.41) is 3.54. The van der Waals surface area contributed by atoms with Crippen LogP contribution in [-0.2, 0) is 0 Å². The Morgan fingerprint density at radius 1 is 1.26 bits per heavy atom. The largest absolute Gasteiger partial charge is 0.382 e. The Morgan fingerprint density at radius 2 is 2.00 bits per heavy atom. The average molecular weight is 296 g/mol. The maximum atomic E-state index is 12.0. The number of rotatable bonds is 2. The number of pyridine rings is 1. The van der Waals surface area contributed by atoms with Gasteiger partial charge in [0.1, 0.15) is 5.82 Å². The fourth-order valence-electron chi connectivity index (χ4n) is 1.45. The van der Waals surface area contributed by atoms with E-state index in [-0.39, 0.29) is 16.7 Å². The van der Waals surface area contributed by atoms with Crippen molar-refractivity contribution in [1.82, 2.24) is 4.98 Å². The van der Waals surface area contributed by atoms with Gasteiger partial charge in [-0.15, -0.1) is 0 Å². The number of amides is 1. The van der Waals surface area contributed by atoms with Crippen LogP contribution >= 0.6 is 23.2 Å². The van der Waals surface area contributed by atoms with Crippen LogP contribution < -0.4 is 11.1 Å². The lowest BCUT2D eigenvalue weighted by atomic mass is 10.2. The standard InChI is InChI=1S/C13H11Cl2N3O/c1-7-2-3-9(5-10(7)14)18-13(19)8-4-11(15)12(16)17-6-8/h2-6H,1H3,(H2,16,17)(H,18,19). The van der Waals surface area contributed by atoms with E-state index in [2.05, 4.69) is 10.3 Å². The van der Waals surface area contributed by atoms with Crippen molar-refractivity contribution in [3.8, 4) is 0 Å². The highest BCUT2D eigenvalue weighted by Gasteiger charge is 2.09. The monoisotopic (exact) mass is 295 g/mol. The smallest absolute Gasteiger partial charge is 0.257 e. The van der Waals surface area contributed by atoms with E-state index in [1.165, 1.54) is 12.3 Å². The summed E-state index contributed by atoms with van der Waals surface area (Å²) in [7, 11) is 0. The summed E-state index contributed by atoms with van der Waals surface area (Å²) >= 11 is 11.8. The van der Waals surface area contributed by atoms with Crippen LogP contribution in [0.2, 0.25) is 10.0 Å². The van der Waals surface area contributed by atoms with E-state index in [1.807, 2.05) is 13.0 Å². The van der Waals surface area contributed by atoms with Gasteiger partial charge >= 0.3 is 0 Å². The molecule has 6 heteroatoms. The first-order valence-corrected chi connectivity index (χ1v) is 6.21. The first-order valence-electron chi connectivity index (χ1n) is 5.46. The van der Waals surface area contributed by atoms with Crippen LogP contribution in [0.15, 0.2) is 30.5 Å². The quantitative estimate of drug-likeness (QED) is 0.890. The molecule has 0 bridgehead atoms. The minimum Gasteiger partial charge on any atom is -0.382 e. The number of benzene rings is 1. The number of nitrogens with two attached hydrogens (primary N) is 1. The van der Waals surface area contributed by atoms with Gasteiger partial charge in [0.25, 0.3) is 5.91 Å². The van der Waals surface area contributed by atoms with Crippen LogP contribution in [0.1, 0.15) is 15.9 Å². The van der Waals surface area contributed by atoms with Crippen LogP contribution in [-0.4, -0.2) is 10.9 Å².